The molecule has 1 N–H and O–H groups in total. The molecule has 0 saturated carbocycles. The van der Waals surface area contributed by atoms with E-state index in [4.69, 9.17) is 0 Å². The summed E-state index contributed by atoms with van der Waals surface area (Å²) in [4.78, 5) is 14.5. The average Bonchev–Trinajstić information content (AvgIpc) is 2.27. The topological polar surface area (TPSA) is 51.2 Å². The Hall–Kier alpha value is -1.79. The first kappa shape index (κ1) is 13.3. The van der Waals surface area contributed by atoms with E-state index in [0.29, 0.717) is 0 Å². The summed E-state index contributed by atoms with van der Waals surface area (Å²) in [6, 6.07) is 2.02. The fraction of sp³-hybridized carbons (Fsp3) is 0.400. The van der Waals surface area contributed by atoms with Crippen LogP contribution >= 0.6 is 0 Å². The van der Waals surface area contributed by atoms with Gasteiger partial charge in [-0.25, -0.2) is 9.78 Å². The molecule has 1 heterocycles. The van der Waals surface area contributed by atoms with Gasteiger partial charge in [0.1, 0.15) is 5.69 Å². The van der Waals surface area contributed by atoms with Crippen molar-refractivity contribution in [3.63, 3.8) is 0 Å². The molecule has 0 saturated heterocycles. The van der Waals surface area contributed by atoms with Crippen LogP contribution in [-0.4, -0.2) is 24.6 Å². The van der Waals surface area contributed by atoms with Gasteiger partial charge in [-0.05, 0) is 19.1 Å². The largest absolute Gasteiger partial charge is 0.461 e. The number of aromatic nitrogens is 1. The van der Waals surface area contributed by atoms with Crippen LogP contribution in [0.3, 0.4) is 0 Å². The van der Waals surface area contributed by atoms with Crippen molar-refractivity contribution in [3.8, 4) is 0 Å². The zero-order valence-electron chi connectivity index (χ0n) is 9.26. The van der Waals surface area contributed by atoms with Gasteiger partial charge >= 0.3 is 12.1 Å². The lowest BCUT2D eigenvalue weighted by molar-refractivity contribution is -0.141. The molecule has 0 amide bonds. The number of anilines is 1. The van der Waals surface area contributed by atoms with E-state index in [9.17, 15) is 18.0 Å². The van der Waals surface area contributed by atoms with Crippen LogP contribution < -0.4 is 5.32 Å². The fourth-order valence-electron chi connectivity index (χ4n) is 1.13. The molecule has 1 rings (SSSR count). The lowest BCUT2D eigenvalue weighted by atomic mass is 10.2. The van der Waals surface area contributed by atoms with Crippen LogP contribution in [0.1, 0.15) is 23.1 Å². The average molecular weight is 248 g/mol. The second-order valence-corrected chi connectivity index (χ2v) is 3.09. The molecular formula is C10H11F3N2O2. The molecule has 94 valence electrons. The van der Waals surface area contributed by atoms with Crippen molar-refractivity contribution in [3.05, 3.63) is 23.5 Å². The molecule has 0 unspecified atom stereocenters. The van der Waals surface area contributed by atoms with E-state index in [-0.39, 0.29) is 18.0 Å². The van der Waals surface area contributed by atoms with E-state index in [0.717, 1.165) is 6.07 Å². The number of carbonyl (C=O) groups is 1. The second-order valence-electron chi connectivity index (χ2n) is 3.09. The summed E-state index contributed by atoms with van der Waals surface area (Å²) in [6.07, 6.45) is -4.60. The normalized spacial score (nSPS) is 11.1. The van der Waals surface area contributed by atoms with Crippen LogP contribution in [0.4, 0.5) is 18.9 Å². The molecule has 0 bridgehead atoms. The third kappa shape index (κ3) is 3.33. The van der Waals surface area contributed by atoms with Gasteiger partial charge in [0, 0.05) is 12.7 Å². The van der Waals surface area contributed by atoms with Crippen molar-refractivity contribution in [2.75, 3.05) is 19.0 Å². The van der Waals surface area contributed by atoms with Crippen molar-refractivity contribution in [1.82, 2.24) is 4.98 Å². The molecule has 0 radical (unpaired) electrons. The SMILES string of the molecule is CCOC(=O)c1cc(NC)cc(C(F)(F)F)n1. The summed E-state index contributed by atoms with van der Waals surface area (Å²) in [5.74, 6) is -0.880. The van der Waals surface area contributed by atoms with Crippen molar-refractivity contribution < 1.29 is 22.7 Å². The Labute approximate surface area is 95.8 Å². The molecule has 1 aromatic rings. The number of rotatable bonds is 3. The third-order valence-electron chi connectivity index (χ3n) is 1.89. The van der Waals surface area contributed by atoms with E-state index < -0.39 is 17.8 Å². The molecule has 0 aromatic carbocycles. The summed E-state index contributed by atoms with van der Waals surface area (Å²) in [6.45, 7) is 1.64. The second kappa shape index (κ2) is 5.03. The molecule has 0 spiro atoms. The standard InChI is InChI=1S/C10H11F3N2O2/c1-3-17-9(16)7-4-6(14-2)5-8(15-7)10(11,12)13/h4-5H,3H2,1-2H3,(H,14,15). The highest BCUT2D eigenvalue weighted by atomic mass is 19.4. The molecule has 0 aliphatic heterocycles. The molecule has 0 fully saturated rings. The van der Waals surface area contributed by atoms with Gasteiger partial charge in [-0.2, -0.15) is 13.2 Å². The molecule has 4 nitrogen and oxygen atoms in total. The van der Waals surface area contributed by atoms with Gasteiger partial charge in [-0.1, -0.05) is 0 Å². The number of alkyl halides is 3. The minimum absolute atomic E-state index is 0.0750. The first-order valence-corrected chi connectivity index (χ1v) is 4.82. The molecule has 17 heavy (non-hydrogen) atoms. The Bertz CT molecular complexity index is 419. The first-order valence-electron chi connectivity index (χ1n) is 4.82. The zero-order chi connectivity index (χ0) is 13.1. The third-order valence-corrected chi connectivity index (χ3v) is 1.89. The van der Waals surface area contributed by atoms with Crippen LogP contribution in [0.25, 0.3) is 0 Å². The predicted octanol–water partition coefficient (Wildman–Crippen LogP) is 2.32. The Morgan fingerprint density at radius 1 is 1.47 bits per heavy atom. The van der Waals surface area contributed by atoms with Gasteiger partial charge in [-0.3, -0.25) is 0 Å². The summed E-state index contributed by atoms with van der Waals surface area (Å²) in [5.41, 5.74) is -1.35. The number of nitrogens with one attached hydrogen (secondary N) is 1. The summed E-state index contributed by atoms with van der Waals surface area (Å²) in [7, 11) is 1.45. The predicted molar refractivity (Wildman–Crippen MR) is 54.7 cm³/mol. The molecule has 0 atom stereocenters. The first-order chi connectivity index (χ1) is 7.88. The van der Waals surface area contributed by atoms with Gasteiger partial charge in [0.15, 0.2) is 5.69 Å². The number of ether oxygens (including phenoxy) is 1. The Morgan fingerprint density at radius 2 is 2.12 bits per heavy atom. The van der Waals surface area contributed by atoms with Crippen molar-refractivity contribution in [1.29, 1.82) is 0 Å². The summed E-state index contributed by atoms with van der Waals surface area (Å²) < 4.78 is 42.1. The fourth-order valence-corrected chi connectivity index (χ4v) is 1.13. The highest BCUT2D eigenvalue weighted by molar-refractivity contribution is 5.88. The molecule has 7 heteroatoms. The molecule has 0 aliphatic carbocycles. The monoisotopic (exact) mass is 248 g/mol. The maximum absolute atomic E-state index is 12.5. The zero-order valence-corrected chi connectivity index (χ0v) is 9.26. The van der Waals surface area contributed by atoms with Crippen molar-refractivity contribution in [2.24, 2.45) is 0 Å². The lowest BCUT2D eigenvalue weighted by Gasteiger charge is -2.10. The number of halogens is 3. The van der Waals surface area contributed by atoms with E-state index in [2.05, 4.69) is 15.0 Å². The van der Waals surface area contributed by atoms with E-state index in [1.165, 1.54) is 13.1 Å². The van der Waals surface area contributed by atoms with Crippen LogP contribution in [0, 0.1) is 0 Å². The van der Waals surface area contributed by atoms with Gasteiger partial charge < -0.3 is 10.1 Å². The van der Waals surface area contributed by atoms with Crippen LogP contribution in [0.5, 0.6) is 0 Å². The Balaban J connectivity index is 3.19. The minimum Gasteiger partial charge on any atom is -0.461 e. The van der Waals surface area contributed by atoms with Crippen LogP contribution in [-0.2, 0) is 10.9 Å². The molecule has 1 aromatic heterocycles. The quantitative estimate of drug-likeness (QED) is 0.834. The maximum atomic E-state index is 12.5. The molecular weight excluding hydrogens is 237 g/mol. The van der Waals surface area contributed by atoms with E-state index in [1.807, 2.05) is 0 Å². The van der Waals surface area contributed by atoms with Gasteiger partial charge in [-0.15, -0.1) is 0 Å². The number of hydrogen-bond acceptors (Lipinski definition) is 4. The smallest absolute Gasteiger partial charge is 0.433 e. The number of carbonyl (C=O) groups excluding carboxylic acids is 1. The summed E-state index contributed by atoms with van der Waals surface area (Å²) in [5, 5.41) is 2.53. The van der Waals surface area contributed by atoms with Crippen molar-refractivity contribution in [2.45, 2.75) is 13.1 Å². The number of nitrogens with zero attached hydrogens (tertiary/aromatic N) is 1. The summed E-state index contributed by atoms with van der Waals surface area (Å²) >= 11 is 0. The van der Waals surface area contributed by atoms with Gasteiger partial charge in [0.05, 0.1) is 6.61 Å². The lowest BCUT2D eigenvalue weighted by Crippen LogP contribution is -2.14. The number of pyridine rings is 1. The number of esters is 1. The van der Waals surface area contributed by atoms with Gasteiger partial charge in [0.2, 0.25) is 0 Å². The van der Waals surface area contributed by atoms with E-state index >= 15 is 0 Å². The Kier molecular flexibility index (Phi) is 3.93. The van der Waals surface area contributed by atoms with Crippen LogP contribution in [0.15, 0.2) is 12.1 Å². The minimum atomic E-state index is -4.60. The maximum Gasteiger partial charge on any atom is 0.433 e. The highest BCUT2D eigenvalue weighted by Gasteiger charge is 2.33. The van der Waals surface area contributed by atoms with Crippen LogP contribution in [0.2, 0.25) is 0 Å². The highest BCUT2D eigenvalue weighted by Crippen LogP contribution is 2.29. The Morgan fingerprint density at radius 3 is 2.59 bits per heavy atom. The van der Waals surface area contributed by atoms with Crippen molar-refractivity contribution >= 4 is 11.7 Å². The molecule has 0 aliphatic rings. The number of hydrogen-bond donors (Lipinski definition) is 1. The van der Waals surface area contributed by atoms with Gasteiger partial charge in [0.25, 0.3) is 0 Å². The van der Waals surface area contributed by atoms with E-state index in [1.54, 1.807) is 6.92 Å².